The third-order valence-electron chi connectivity index (χ3n) is 4.42. The molecule has 1 heterocycles. The van der Waals surface area contributed by atoms with Crippen molar-refractivity contribution in [1.29, 1.82) is 0 Å². The van der Waals surface area contributed by atoms with Crippen LogP contribution in [0.4, 0.5) is 8.78 Å². The molecule has 1 atom stereocenters. The first-order valence-electron chi connectivity index (χ1n) is 9.35. The van der Waals surface area contributed by atoms with Gasteiger partial charge in [-0.25, -0.2) is 13.6 Å². The topological polar surface area (TPSA) is 39.2 Å². The van der Waals surface area contributed by atoms with Gasteiger partial charge < -0.3 is 4.74 Å². The molecule has 1 aliphatic rings. The molecule has 1 aliphatic carbocycles. The molecular formula is C22H25F2NO2. The van der Waals surface area contributed by atoms with Gasteiger partial charge in [-0.1, -0.05) is 32.0 Å². The second kappa shape index (κ2) is 9.95. The van der Waals surface area contributed by atoms with E-state index < -0.39 is 17.6 Å². The number of halogens is 2. The van der Waals surface area contributed by atoms with Gasteiger partial charge in [0.15, 0.2) is 11.6 Å². The first kappa shape index (κ1) is 20.7. The van der Waals surface area contributed by atoms with E-state index in [1.807, 2.05) is 26.0 Å². The number of esters is 1. The zero-order valence-electron chi connectivity index (χ0n) is 16.0. The standard InChI is InChI=1S/C20H19F2NO2.C2H6/c1-2-25-18(24)12-15-9-8-13(11-14-5-4-10-23-20(14)15)16-6-3-7-17(21)19(16)22;1-2/h3-7,10,12-13H,2,8-9,11H2,1H3;1-2H3/b15-12+;. The second-order valence-corrected chi connectivity index (χ2v) is 6.02. The van der Waals surface area contributed by atoms with Gasteiger partial charge in [0.05, 0.1) is 12.3 Å². The van der Waals surface area contributed by atoms with E-state index >= 15 is 0 Å². The molecule has 0 fully saturated rings. The number of benzene rings is 1. The number of ether oxygens (including phenoxy) is 1. The molecular weight excluding hydrogens is 348 g/mol. The Labute approximate surface area is 159 Å². The average Bonchev–Trinajstić information content (AvgIpc) is 2.86. The number of nitrogens with zero attached hydrogens (tertiary/aromatic N) is 1. The van der Waals surface area contributed by atoms with Crippen molar-refractivity contribution in [2.45, 2.75) is 46.0 Å². The number of hydrogen-bond donors (Lipinski definition) is 0. The highest BCUT2D eigenvalue weighted by molar-refractivity contribution is 5.91. The molecule has 0 spiro atoms. The van der Waals surface area contributed by atoms with Crippen molar-refractivity contribution >= 4 is 11.5 Å². The Bertz CT molecular complexity index is 818. The van der Waals surface area contributed by atoms with Crippen LogP contribution in [0.2, 0.25) is 0 Å². The minimum Gasteiger partial charge on any atom is -0.463 e. The van der Waals surface area contributed by atoms with Crippen LogP contribution in [0.15, 0.2) is 42.6 Å². The number of hydrogen-bond acceptors (Lipinski definition) is 3. The summed E-state index contributed by atoms with van der Waals surface area (Å²) >= 11 is 0. The molecule has 3 nitrogen and oxygen atoms in total. The van der Waals surface area contributed by atoms with Crippen LogP contribution in [-0.4, -0.2) is 17.6 Å². The normalized spacial score (nSPS) is 17.4. The molecule has 0 radical (unpaired) electrons. The smallest absolute Gasteiger partial charge is 0.331 e. The molecule has 5 heteroatoms. The third-order valence-corrected chi connectivity index (χ3v) is 4.42. The Morgan fingerprint density at radius 3 is 2.78 bits per heavy atom. The predicted octanol–water partition coefficient (Wildman–Crippen LogP) is 5.45. The summed E-state index contributed by atoms with van der Waals surface area (Å²) in [5.74, 6) is -2.22. The summed E-state index contributed by atoms with van der Waals surface area (Å²) in [4.78, 5) is 16.2. The van der Waals surface area contributed by atoms with Crippen molar-refractivity contribution in [3.8, 4) is 0 Å². The zero-order valence-corrected chi connectivity index (χ0v) is 16.0. The van der Waals surface area contributed by atoms with Gasteiger partial charge in [-0.05, 0) is 60.9 Å². The summed E-state index contributed by atoms with van der Waals surface area (Å²) in [7, 11) is 0. The van der Waals surface area contributed by atoms with E-state index in [-0.39, 0.29) is 5.92 Å². The highest BCUT2D eigenvalue weighted by Crippen LogP contribution is 2.37. The molecule has 0 N–H and O–H groups in total. The van der Waals surface area contributed by atoms with Crippen molar-refractivity contribution in [2.75, 3.05) is 6.61 Å². The molecule has 0 bridgehead atoms. The van der Waals surface area contributed by atoms with Crippen LogP contribution < -0.4 is 0 Å². The summed E-state index contributed by atoms with van der Waals surface area (Å²) in [6.45, 7) is 6.05. The van der Waals surface area contributed by atoms with Crippen LogP contribution >= 0.6 is 0 Å². The van der Waals surface area contributed by atoms with Gasteiger partial charge in [0.1, 0.15) is 0 Å². The van der Waals surface area contributed by atoms with Gasteiger partial charge in [-0.3, -0.25) is 4.98 Å². The predicted molar refractivity (Wildman–Crippen MR) is 102 cm³/mol. The fraction of sp³-hybridized carbons (Fsp3) is 0.364. The minimum atomic E-state index is -0.838. The highest BCUT2D eigenvalue weighted by atomic mass is 19.2. The average molecular weight is 373 g/mol. The van der Waals surface area contributed by atoms with Crippen LogP contribution in [0, 0.1) is 11.6 Å². The number of fused-ring (bicyclic) bond motifs is 1. The lowest BCUT2D eigenvalue weighted by Crippen LogP contribution is -2.06. The van der Waals surface area contributed by atoms with Crippen molar-refractivity contribution in [3.05, 3.63) is 71.1 Å². The Kier molecular flexibility index (Phi) is 7.65. The van der Waals surface area contributed by atoms with Crippen molar-refractivity contribution in [2.24, 2.45) is 0 Å². The molecule has 0 saturated carbocycles. The van der Waals surface area contributed by atoms with Gasteiger partial charge in [-0.15, -0.1) is 0 Å². The van der Waals surface area contributed by atoms with Crippen molar-refractivity contribution in [1.82, 2.24) is 4.98 Å². The van der Waals surface area contributed by atoms with Crippen LogP contribution in [0.5, 0.6) is 0 Å². The molecule has 0 amide bonds. The molecule has 0 aliphatic heterocycles. The lowest BCUT2D eigenvalue weighted by Gasteiger charge is -2.16. The molecule has 27 heavy (non-hydrogen) atoms. The van der Waals surface area contributed by atoms with E-state index in [1.54, 1.807) is 19.2 Å². The van der Waals surface area contributed by atoms with Crippen LogP contribution in [-0.2, 0) is 16.0 Å². The van der Waals surface area contributed by atoms with E-state index in [0.717, 1.165) is 22.9 Å². The number of pyridine rings is 1. The molecule has 1 aromatic carbocycles. The van der Waals surface area contributed by atoms with Gasteiger partial charge in [0, 0.05) is 12.3 Å². The SMILES string of the molecule is CC.CCOC(=O)/C=C1\CCC(c2cccc(F)c2F)Cc2cccnc21. The fourth-order valence-electron chi connectivity index (χ4n) is 3.28. The third kappa shape index (κ3) is 5.00. The summed E-state index contributed by atoms with van der Waals surface area (Å²) in [6, 6.07) is 8.00. The van der Waals surface area contributed by atoms with E-state index in [2.05, 4.69) is 4.98 Å². The highest BCUT2D eigenvalue weighted by Gasteiger charge is 2.25. The maximum Gasteiger partial charge on any atom is 0.331 e. The maximum absolute atomic E-state index is 14.2. The van der Waals surface area contributed by atoms with Gasteiger partial charge in [0.2, 0.25) is 0 Å². The van der Waals surface area contributed by atoms with E-state index in [9.17, 15) is 13.6 Å². The minimum absolute atomic E-state index is 0.174. The number of carbonyl (C=O) groups excluding carboxylic acids is 1. The van der Waals surface area contributed by atoms with Gasteiger partial charge in [-0.2, -0.15) is 0 Å². The van der Waals surface area contributed by atoms with Gasteiger partial charge in [0.25, 0.3) is 0 Å². The Hall–Kier alpha value is -2.56. The van der Waals surface area contributed by atoms with Crippen LogP contribution in [0.1, 0.15) is 56.4 Å². The fourth-order valence-corrected chi connectivity index (χ4v) is 3.28. The molecule has 2 aromatic rings. The Balaban J connectivity index is 0.00000126. The first-order chi connectivity index (χ1) is 13.1. The second-order valence-electron chi connectivity index (χ2n) is 6.02. The van der Waals surface area contributed by atoms with Crippen molar-refractivity contribution in [3.63, 3.8) is 0 Å². The van der Waals surface area contributed by atoms with Crippen molar-refractivity contribution < 1.29 is 18.3 Å². The summed E-state index contributed by atoms with van der Waals surface area (Å²) < 4.78 is 32.8. The zero-order chi connectivity index (χ0) is 19.8. The first-order valence-corrected chi connectivity index (χ1v) is 9.35. The van der Waals surface area contributed by atoms with E-state index in [4.69, 9.17) is 4.74 Å². The van der Waals surface area contributed by atoms with Crippen LogP contribution in [0.3, 0.4) is 0 Å². The summed E-state index contributed by atoms with van der Waals surface area (Å²) in [5, 5.41) is 0. The summed E-state index contributed by atoms with van der Waals surface area (Å²) in [6.07, 6.45) is 4.82. The molecule has 144 valence electrons. The Morgan fingerprint density at radius 2 is 2.04 bits per heavy atom. The number of allylic oxidation sites excluding steroid dienone is 1. The molecule has 3 rings (SSSR count). The maximum atomic E-state index is 14.2. The lowest BCUT2D eigenvalue weighted by molar-refractivity contribution is -0.137. The van der Waals surface area contributed by atoms with E-state index in [0.29, 0.717) is 31.4 Å². The monoisotopic (exact) mass is 373 g/mol. The number of aromatic nitrogens is 1. The molecule has 0 saturated heterocycles. The largest absolute Gasteiger partial charge is 0.463 e. The lowest BCUT2D eigenvalue weighted by atomic mass is 9.90. The number of carbonyl (C=O) groups is 1. The molecule has 1 aromatic heterocycles. The molecule has 1 unspecified atom stereocenters. The summed E-state index contributed by atoms with van der Waals surface area (Å²) in [5.41, 5.74) is 2.79. The Morgan fingerprint density at radius 1 is 1.26 bits per heavy atom. The van der Waals surface area contributed by atoms with Crippen LogP contribution in [0.25, 0.3) is 5.57 Å². The quantitative estimate of drug-likeness (QED) is 0.408. The van der Waals surface area contributed by atoms with E-state index in [1.165, 1.54) is 12.1 Å². The number of rotatable bonds is 3. The van der Waals surface area contributed by atoms with Gasteiger partial charge >= 0.3 is 5.97 Å².